The molecule has 1 aliphatic heterocycles. The third-order valence-corrected chi connectivity index (χ3v) is 6.68. The number of pyridine rings is 1. The van der Waals surface area contributed by atoms with Crippen molar-refractivity contribution in [2.75, 3.05) is 33.4 Å². The smallest absolute Gasteiger partial charge is 0.407 e. The van der Waals surface area contributed by atoms with Crippen LogP contribution in [0.5, 0.6) is 5.88 Å². The monoisotopic (exact) mass is 493 g/mol. The van der Waals surface area contributed by atoms with Crippen molar-refractivity contribution in [3.05, 3.63) is 34.3 Å². The van der Waals surface area contributed by atoms with Crippen LogP contribution in [0.4, 0.5) is 4.79 Å². The summed E-state index contributed by atoms with van der Waals surface area (Å²) >= 11 is 3.65. The third kappa shape index (κ3) is 5.30. The lowest BCUT2D eigenvalue weighted by molar-refractivity contribution is 0.0400. The number of fused-ring (bicyclic) bond motifs is 1. The molecule has 1 amide bonds. The van der Waals surface area contributed by atoms with Crippen LogP contribution in [0.3, 0.4) is 0 Å². The van der Waals surface area contributed by atoms with E-state index in [-0.39, 0.29) is 18.6 Å². The Morgan fingerprint density at radius 3 is 2.48 bits per heavy atom. The lowest BCUT2D eigenvalue weighted by Gasteiger charge is -2.44. The standard InChI is InChI=1S/C23H32BrN3O4/c1-23(2,3)27(22(29)30)17-9-11-26(12-10-17)13-16(14-28)20-18(24)7-5-15-6-8-19(31-4)25-21(15)20/h5-8,16-17,28H,9-14H2,1-4H3,(H,29,30). The largest absolute Gasteiger partial charge is 0.481 e. The number of halogens is 1. The first-order chi connectivity index (χ1) is 14.7. The van der Waals surface area contributed by atoms with E-state index in [1.54, 1.807) is 12.0 Å². The molecule has 1 atom stereocenters. The van der Waals surface area contributed by atoms with E-state index >= 15 is 0 Å². The summed E-state index contributed by atoms with van der Waals surface area (Å²) < 4.78 is 6.23. The Morgan fingerprint density at radius 1 is 1.29 bits per heavy atom. The van der Waals surface area contributed by atoms with Crippen molar-refractivity contribution in [3.8, 4) is 5.88 Å². The minimum atomic E-state index is -0.862. The molecule has 1 fully saturated rings. The van der Waals surface area contributed by atoms with Crippen molar-refractivity contribution in [3.63, 3.8) is 0 Å². The Bertz CT molecular complexity index is 923. The van der Waals surface area contributed by atoms with Gasteiger partial charge in [0.25, 0.3) is 0 Å². The van der Waals surface area contributed by atoms with E-state index in [0.717, 1.165) is 46.9 Å². The van der Waals surface area contributed by atoms with Gasteiger partial charge in [0, 0.05) is 53.1 Å². The van der Waals surface area contributed by atoms with Crippen LogP contribution in [-0.4, -0.2) is 76.0 Å². The van der Waals surface area contributed by atoms with Crippen molar-refractivity contribution >= 4 is 32.9 Å². The molecule has 2 N–H and O–H groups in total. The molecule has 1 aliphatic rings. The van der Waals surface area contributed by atoms with Crippen LogP contribution < -0.4 is 4.74 Å². The molecule has 31 heavy (non-hydrogen) atoms. The number of aliphatic hydroxyl groups excluding tert-OH is 1. The van der Waals surface area contributed by atoms with Crippen molar-refractivity contribution in [2.24, 2.45) is 0 Å². The molecule has 3 rings (SSSR count). The number of rotatable bonds is 6. The minimum absolute atomic E-state index is 0.000225. The maximum absolute atomic E-state index is 11.8. The van der Waals surface area contributed by atoms with E-state index in [9.17, 15) is 15.0 Å². The summed E-state index contributed by atoms with van der Waals surface area (Å²) in [5.41, 5.74) is 1.38. The molecule has 0 radical (unpaired) electrons. The molecule has 1 aromatic heterocycles. The van der Waals surface area contributed by atoms with Gasteiger partial charge in [-0.15, -0.1) is 0 Å². The molecular weight excluding hydrogens is 462 g/mol. The topological polar surface area (TPSA) is 86.1 Å². The van der Waals surface area contributed by atoms with Crippen LogP contribution in [0.1, 0.15) is 45.1 Å². The SMILES string of the molecule is COc1ccc2ccc(Br)c(C(CO)CN3CCC(N(C(=O)O)C(C)(C)C)CC3)c2n1. The van der Waals surface area contributed by atoms with Gasteiger partial charge in [-0.3, -0.25) is 0 Å². The second kappa shape index (κ2) is 9.71. The highest BCUT2D eigenvalue weighted by molar-refractivity contribution is 9.10. The van der Waals surface area contributed by atoms with Crippen LogP contribution in [0.25, 0.3) is 10.9 Å². The van der Waals surface area contributed by atoms with Gasteiger partial charge in [-0.05, 0) is 51.3 Å². The Morgan fingerprint density at radius 2 is 1.94 bits per heavy atom. The number of piperidine rings is 1. The van der Waals surface area contributed by atoms with E-state index in [4.69, 9.17) is 4.74 Å². The average molecular weight is 494 g/mol. The quantitative estimate of drug-likeness (QED) is 0.622. The van der Waals surface area contributed by atoms with Gasteiger partial charge in [-0.25, -0.2) is 9.78 Å². The van der Waals surface area contributed by atoms with Crippen LogP contribution in [0.2, 0.25) is 0 Å². The first-order valence-corrected chi connectivity index (χ1v) is 11.4. The number of nitrogens with zero attached hydrogens (tertiary/aromatic N) is 3. The molecule has 2 aromatic rings. The second-order valence-electron chi connectivity index (χ2n) is 9.12. The van der Waals surface area contributed by atoms with Crippen molar-refractivity contribution in [2.45, 2.75) is 51.1 Å². The molecule has 7 nitrogen and oxygen atoms in total. The number of aliphatic hydroxyl groups is 1. The van der Waals surface area contributed by atoms with E-state index < -0.39 is 11.6 Å². The van der Waals surface area contributed by atoms with Crippen LogP contribution in [0, 0.1) is 0 Å². The minimum Gasteiger partial charge on any atom is -0.481 e. The first-order valence-electron chi connectivity index (χ1n) is 10.6. The van der Waals surface area contributed by atoms with Gasteiger partial charge in [-0.1, -0.05) is 22.0 Å². The highest BCUT2D eigenvalue weighted by atomic mass is 79.9. The zero-order valence-electron chi connectivity index (χ0n) is 18.6. The predicted octanol–water partition coefficient (Wildman–Crippen LogP) is 4.32. The molecular formula is C23H32BrN3O4. The summed E-state index contributed by atoms with van der Waals surface area (Å²) in [5, 5.41) is 20.9. The molecule has 8 heteroatoms. The lowest BCUT2D eigenvalue weighted by Crippen LogP contribution is -2.54. The Kier molecular flexibility index (Phi) is 7.44. The number of likely N-dealkylation sites (tertiary alicyclic amines) is 1. The molecule has 0 spiro atoms. The summed E-state index contributed by atoms with van der Waals surface area (Å²) in [6.45, 7) is 8.08. The van der Waals surface area contributed by atoms with Gasteiger partial charge in [-0.2, -0.15) is 0 Å². The maximum atomic E-state index is 11.8. The van der Waals surface area contributed by atoms with Crippen molar-refractivity contribution < 1.29 is 19.7 Å². The van der Waals surface area contributed by atoms with Gasteiger partial charge >= 0.3 is 6.09 Å². The number of carboxylic acid groups (broad SMARTS) is 1. The van der Waals surface area contributed by atoms with E-state index in [0.29, 0.717) is 12.4 Å². The van der Waals surface area contributed by atoms with E-state index in [2.05, 4.69) is 25.8 Å². The van der Waals surface area contributed by atoms with Gasteiger partial charge in [0.2, 0.25) is 5.88 Å². The zero-order chi connectivity index (χ0) is 22.8. The highest BCUT2D eigenvalue weighted by Gasteiger charge is 2.35. The van der Waals surface area contributed by atoms with E-state index in [1.807, 2.05) is 45.0 Å². The molecule has 1 unspecified atom stereocenters. The summed E-state index contributed by atoms with van der Waals surface area (Å²) in [7, 11) is 1.59. The number of hydrogen-bond donors (Lipinski definition) is 2. The fourth-order valence-corrected chi connectivity index (χ4v) is 5.22. The molecule has 0 saturated carbocycles. The van der Waals surface area contributed by atoms with Crippen LogP contribution >= 0.6 is 15.9 Å². The maximum Gasteiger partial charge on any atom is 0.407 e. The molecule has 1 aromatic carbocycles. The molecule has 170 valence electrons. The number of carbonyl (C=O) groups is 1. The molecule has 1 saturated heterocycles. The predicted molar refractivity (Wildman–Crippen MR) is 125 cm³/mol. The third-order valence-electron chi connectivity index (χ3n) is 5.99. The fraction of sp³-hybridized carbons (Fsp3) is 0.565. The molecule has 0 bridgehead atoms. The molecule has 2 heterocycles. The van der Waals surface area contributed by atoms with Gasteiger partial charge in [0.1, 0.15) is 0 Å². The second-order valence-corrected chi connectivity index (χ2v) is 9.98. The number of amides is 1. The summed E-state index contributed by atoms with van der Waals surface area (Å²) in [4.78, 5) is 20.4. The molecule has 0 aliphatic carbocycles. The normalized spacial score (nSPS) is 17.0. The summed E-state index contributed by atoms with van der Waals surface area (Å²) in [5.74, 6) is 0.424. The van der Waals surface area contributed by atoms with Gasteiger partial charge in [0.15, 0.2) is 0 Å². The van der Waals surface area contributed by atoms with Gasteiger partial charge in [0.05, 0.1) is 19.2 Å². The van der Waals surface area contributed by atoms with E-state index in [1.165, 1.54) is 0 Å². The lowest BCUT2D eigenvalue weighted by atomic mass is 9.93. The highest BCUT2D eigenvalue weighted by Crippen LogP contribution is 2.34. The Hall–Kier alpha value is -1.90. The zero-order valence-corrected chi connectivity index (χ0v) is 20.2. The van der Waals surface area contributed by atoms with Crippen LogP contribution in [-0.2, 0) is 0 Å². The fourth-order valence-electron chi connectivity index (χ4n) is 4.57. The van der Waals surface area contributed by atoms with Crippen molar-refractivity contribution in [1.82, 2.24) is 14.8 Å². The Labute approximate surface area is 192 Å². The summed E-state index contributed by atoms with van der Waals surface area (Å²) in [6, 6.07) is 7.82. The van der Waals surface area contributed by atoms with Crippen LogP contribution in [0.15, 0.2) is 28.7 Å². The van der Waals surface area contributed by atoms with Crippen molar-refractivity contribution in [1.29, 1.82) is 0 Å². The number of aromatic nitrogens is 1. The first kappa shape index (κ1) is 23.8. The number of benzene rings is 1. The Balaban J connectivity index is 1.78. The number of ether oxygens (including phenoxy) is 1. The average Bonchev–Trinajstić information content (AvgIpc) is 2.72. The van der Waals surface area contributed by atoms with Gasteiger partial charge < -0.3 is 24.7 Å². The number of hydrogen-bond acceptors (Lipinski definition) is 5. The summed E-state index contributed by atoms with van der Waals surface area (Å²) in [6.07, 6.45) is 0.702. The number of methoxy groups -OCH3 is 1.